The van der Waals surface area contributed by atoms with Gasteiger partial charge in [0.15, 0.2) is 0 Å². The predicted molar refractivity (Wildman–Crippen MR) is 51.8 cm³/mol. The van der Waals surface area contributed by atoms with E-state index in [1.54, 1.807) is 0 Å². The Kier molecular flexibility index (Phi) is 6.14. The SMILES string of the molecule is CC=CC(Cl)CC(Br)=CC. The lowest BCUT2D eigenvalue weighted by Gasteiger charge is -2.00. The molecule has 0 aromatic heterocycles. The van der Waals surface area contributed by atoms with Crippen LogP contribution in [0.15, 0.2) is 22.7 Å². The molecule has 58 valence electrons. The molecule has 10 heavy (non-hydrogen) atoms. The first-order valence-electron chi connectivity index (χ1n) is 3.28. The summed E-state index contributed by atoms with van der Waals surface area (Å²) in [6.07, 6.45) is 6.83. The molecule has 0 saturated carbocycles. The number of allylic oxidation sites excluding steroid dienone is 4. The Hall–Kier alpha value is 0.250. The molecule has 0 aliphatic carbocycles. The largest absolute Gasteiger partial charge is 0.118 e. The Morgan fingerprint density at radius 2 is 2.20 bits per heavy atom. The molecule has 0 fully saturated rings. The van der Waals surface area contributed by atoms with Crippen LogP contribution in [0, 0.1) is 0 Å². The van der Waals surface area contributed by atoms with Gasteiger partial charge in [0.1, 0.15) is 0 Å². The molecule has 0 N–H and O–H groups in total. The number of alkyl halides is 1. The van der Waals surface area contributed by atoms with Crippen molar-refractivity contribution in [2.75, 3.05) is 0 Å². The van der Waals surface area contributed by atoms with Crippen molar-refractivity contribution in [2.24, 2.45) is 0 Å². The minimum absolute atomic E-state index is 0.121. The van der Waals surface area contributed by atoms with Gasteiger partial charge in [-0.3, -0.25) is 0 Å². The van der Waals surface area contributed by atoms with E-state index in [0.29, 0.717) is 0 Å². The van der Waals surface area contributed by atoms with Crippen molar-refractivity contribution in [3.05, 3.63) is 22.7 Å². The first-order chi connectivity index (χ1) is 4.70. The molecular formula is C8H12BrCl. The van der Waals surface area contributed by atoms with Crippen molar-refractivity contribution in [1.29, 1.82) is 0 Å². The maximum absolute atomic E-state index is 5.90. The fourth-order valence-corrected chi connectivity index (χ4v) is 1.43. The van der Waals surface area contributed by atoms with E-state index in [1.165, 1.54) is 0 Å². The number of halogens is 2. The van der Waals surface area contributed by atoms with Gasteiger partial charge in [0.05, 0.1) is 5.38 Å². The highest BCUT2D eigenvalue weighted by atomic mass is 79.9. The van der Waals surface area contributed by atoms with Gasteiger partial charge in [-0.2, -0.15) is 0 Å². The van der Waals surface area contributed by atoms with Gasteiger partial charge < -0.3 is 0 Å². The summed E-state index contributed by atoms with van der Waals surface area (Å²) in [4.78, 5) is 0. The first-order valence-corrected chi connectivity index (χ1v) is 4.51. The molecule has 0 radical (unpaired) electrons. The Bertz CT molecular complexity index is 138. The van der Waals surface area contributed by atoms with E-state index < -0.39 is 0 Å². The quantitative estimate of drug-likeness (QED) is 0.503. The van der Waals surface area contributed by atoms with Crippen molar-refractivity contribution in [2.45, 2.75) is 25.6 Å². The van der Waals surface area contributed by atoms with Crippen LogP contribution in [0.5, 0.6) is 0 Å². The second-order valence-corrected chi connectivity index (χ2v) is 3.56. The van der Waals surface area contributed by atoms with E-state index in [1.807, 2.05) is 32.1 Å². The summed E-state index contributed by atoms with van der Waals surface area (Å²) >= 11 is 9.29. The normalized spacial score (nSPS) is 16.2. The zero-order valence-corrected chi connectivity index (χ0v) is 8.61. The smallest absolute Gasteiger partial charge is 0.0561 e. The van der Waals surface area contributed by atoms with Gasteiger partial charge in [0.25, 0.3) is 0 Å². The molecule has 0 aromatic rings. The van der Waals surface area contributed by atoms with Gasteiger partial charge in [-0.25, -0.2) is 0 Å². The van der Waals surface area contributed by atoms with Gasteiger partial charge in [-0.05, 0) is 24.8 Å². The Balaban J connectivity index is 3.68. The monoisotopic (exact) mass is 222 g/mol. The van der Waals surface area contributed by atoms with Crippen molar-refractivity contribution in [3.8, 4) is 0 Å². The van der Waals surface area contributed by atoms with Crippen molar-refractivity contribution < 1.29 is 0 Å². The van der Waals surface area contributed by atoms with Crippen LogP contribution in [0.4, 0.5) is 0 Å². The average Bonchev–Trinajstić information content (AvgIpc) is 1.88. The molecule has 2 heteroatoms. The Labute approximate surface area is 76.1 Å². The van der Waals surface area contributed by atoms with Crippen molar-refractivity contribution in [3.63, 3.8) is 0 Å². The Morgan fingerprint density at radius 1 is 1.60 bits per heavy atom. The molecule has 0 amide bonds. The summed E-state index contributed by atoms with van der Waals surface area (Å²) in [6, 6.07) is 0. The van der Waals surface area contributed by atoms with Crippen LogP contribution in [0.1, 0.15) is 20.3 Å². The third kappa shape index (κ3) is 5.07. The van der Waals surface area contributed by atoms with E-state index in [-0.39, 0.29) is 5.38 Å². The molecule has 0 heterocycles. The molecule has 1 unspecified atom stereocenters. The molecule has 0 aromatic carbocycles. The van der Waals surface area contributed by atoms with Gasteiger partial charge in [-0.15, -0.1) is 11.6 Å². The fourth-order valence-electron chi connectivity index (χ4n) is 0.581. The lowest BCUT2D eigenvalue weighted by molar-refractivity contribution is 1.04. The van der Waals surface area contributed by atoms with Gasteiger partial charge in [0, 0.05) is 0 Å². The van der Waals surface area contributed by atoms with Crippen LogP contribution in [-0.4, -0.2) is 5.38 Å². The molecule has 0 rings (SSSR count). The highest BCUT2D eigenvalue weighted by Crippen LogP contribution is 2.16. The third-order valence-corrected chi connectivity index (χ3v) is 2.19. The molecule has 0 bridgehead atoms. The maximum Gasteiger partial charge on any atom is 0.0561 e. The third-order valence-electron chi connectivity index (χ3n) is 1.10. The Morgan fingerprint density at radius 3 is 2.60 bits per heavy atom. The summed E-state index contributed by atoms with van der Waals surface area (Å²) in [5, 5.41) is 0.121. The minimum atomic E-state index is 0.121. The number of hydrogen-bond acceptors (Lipinski definition) is 0. The zero-order valence-electron chi connectivity index (χ0n) is 6.27. The number of hydrogen-bond donors (Lipinski definition) is 0. The summed E-state index contributed by atoms with van der Waals surface area (Å²) in [5.74, 6) is 0. The maximum atomic E-state index is 5.90. The molecule has 0 saturated heterocycles. The van der Waals surface area contributed by atoms with Gasteiger partial charge in [-0.1, -0.05) is 34.2 Å². The predicted octanol–water partition coefficient (Wildman–Crippen LogP) is 3.86. The van der Waals surface area contributed by atoms with E-state index in [2.05, 4.69) is 15.9 Å². The molecular weight excluding hydrogens is 211 g/mol. The van der Waals surface area contributed by atoms with E-state index in [4.69, 9.17) is 11.6 Å². The van der Waals surface area contributed by atoms with Crippen LogP contribution in [-0.2, 0) is 0 Å². The van der Waals surface area contributed by atoms with Crippen molar-refractivity contribution in [1.82, 2.24) is 0 Å². The highest BCUT2D eigenvalue weighted by Gasteiger charge is 1.99. The second-order valence-electron chi connectivity index (χ2n) is 1.98. The molecule has 0 nitrogen and oxygen atoms in total. The number of rotatable bonds is 3. The zero-order chi connectivity index (χ0) is 7.98. The molecule has 0 aliphatic heterocycles. The lowest BCUT2D eigenvalue weighted by atomic mass is 10.2. The van der Waals surface area contributed by atoms with E-state index in [0.717, 1.165) is 10.9 Å². The lowest BCUT2D eigenvalue weighted by Crippen LogP contribution is -1.91. The molecule has 1 atom stereocenters. The summed E-state index contributed by atoms with van der Waals surface area (Å²) in [6.45, 7) is 3.96. The van der Waals surface area contributed by atoms with Crippen molar-refractivity contribution >= 4 is 27.5 Å². The summed E-state index contributed by atoms with van der Waals surface area (Å²) in [7, 11) is 0. The average molecular weight is 224 g/mol. The first kappa shape index (κ1) is 10.2. The minimum Gasteiger partial charge on any atom is -0.118 e. The van der Waals surface area contributed by atoms with E-state index >= 15 is 0 Å². The van der Waals surface area contributed by atoms with Crippen LogP contribution >= 0.6 is 27.5 Å². The van der Waals surface area contributed by atoms with E-state index in [9.17, 15) is 0 Å². The highest BCUT2D eigenvalue weighted by molar-refractivity contribution is 9.11. The van der Waals surface area contributed by atoms with Crippen LogP contribution in [0.2, 0.25) is 0 Å². The van der Waals surface area contributed by atoms with Crippen LogP contribution in [0.25, 0.3) is 0 Å². The summed E-state index contributed by atoms with van der Waals surface area (Å²) < 4.78 is 1.16. The fraction of sp³-hybridized carbons (Fsp3) is 0.500. The van der Waals surface area contributed by atoms with Crippen LogP contribution < -0.4 is 0 Å². The van der Waals surface area contributed by atoms with Crippen LogP contribution in [0.3, 0.4) is 0 Å². The topological polar surface area (TPSA) is 0 Å². The van der Waals surface area contributed by atoms with Gasteiger partial charge >= 0.3 is 0 Å². The summed E-state index contributed by atoms with van der Waals surface area (Å²) in [5.41, 5.74) is 0. The molecule has 0 spiro atoms. The van der Waals surface area contributed by atoms with Gasteiger partial charge in [0.2, 0.25) is 0 Å². The second kappa shape index (κ2) is 5.99. The standard InChI is InChI=1S/C8H12BrCl/c1-3-5-8(10)6-7(9)4-2/h3-5,8H,6H2,1-2H3. The molecule has 0 aliphatic rings.